The number of carbonyl (C=O) groups excluding carboxylic acids is 2. The molecule has 2 fully saturated rings. The van der Waals surface area contributed by atoms with E-state index in [9.17, 15) is 29.6 Å². The van der Waals surface area contributed by atoms with Crippen LogP contribution in [0.4, 0.5) is 5.69 Å². The largest absolute Gasteiger partial charge is 0.493 e. The van der Waals surface area contributed by atoms with E-state index >= 15 is 0 Å². The van der Waals surface area contributed by atoms with Crippen LogP contribution in [0, 0.1) is 22.0 Å². The Morgan fingerprint density at radius 1 is 0.938 bits per heavy atom. The van der Waals surface area contributed by atoms with E-state index in [4.69, 9.17) is 9.47 Å². The third-order valence-corrected chi connectivity index (χ3v) is 9.87. The van der Waals surface area contributed by atoms with Crippen LogP contribution in [-0.4, -0.2) is 57.7 Å². The molecule has 11 nitrogen and oxygen atoms in total. The summed E-state index contributed by atoms with van der Waals surface area (Å²) in [5.41, 5.74) is -0.240. The molecule has 246 valence electrons. The van der Waals surface area contributed by atoms with Crippen LogP contribution < -0.4 is 14.8 Å². The Morgan fingerprint density at radius 2 is 1.62 bits per heavy atom. The van der Waals surface area contributed by atoms with Crippen LogP contribution in [0.15, 0.2) is 108 Å². The highest BCUT2D eigenvalue weighted by molar-refractivity contribution is 7.99. The van der Waals surface area contributed by atoms with Crippen molar-refractivity contribution in [2.75, 3.05) is 19.4 Å². The first-order chi connectivity index (χ1) is 23.2. The molecule has 0 spiro atoms. The predicted molar refractivity (Wildman–Crippen MR) is 178 cm³/mol. The van der Waals surface area contributed by atoms with Gasteiger partial charge in [-0.1, -0.05) is 72.8 Å². The maximum atomic E-state index is 14.3. The van der Waals surface area contributed by atoms with Gasteiger partial charge in [-0.25, -0.2) is 0 Å². The monoisotopic (exact) mass is 667 g/mol. The van der Waals surface area contributed by atoms with Crippen molar-refractivity contribution >= 4 is 35.2 Å². The summed E-state index contributed by atoms with van der Waals surface area (Å²) in [5, 5.41) is 25.4. The summed E-state index contributed by atoms with van der Waals surface area (Å²) >= 11 is 1.49. The van der Waals surface area contributed by atoms with Crippen LogP contribution in [0.25, 0.3) is 0 Å². The molecular formula is C36H33N3O8S. The topological polar surface area (TPSA) is 148 Å². The molecule has 0 radical (unpaired) electrons. The molecule has 48 heavy (non-hydrogen) atoms. The molecule has 2 aliphatic rings. The molecule has 2 heterocycles. The number of nitrogens with zero attached hydrogens (tertiary/aromatic N) is 2. The fourth-order valence-corrected chi connectivity index (χ4v) is 7.50. The Balaban J connectivity index is 1.40. The Bertz CT molecular complexity index is 1820. The number of nitrogens with one attached hydrogen (secondary N) is 1. The number of amides is 2. The number of hydrogen-bond donors (Lipinski definition) is 2. The van der Waals surface area contributed by atoms with Crippen molar-refractivity contribution in [3.63, 3.8) is 0 Å². The zero-order valence-electron chi connectivity index (χ0n) is 26.0. The number of non-ortho nitro benzene ring substituents is 1. The lowest BCUT2D eigenvalue weighted by molar-refractivity contribution is -0.384. The zero-order chi connectivity index (χ0) is 33.8. The molecule has 4 aromatic carbocycles. The number of para-hydroxylation sites is 1. The SMILES string of the molecule is COc1cccc(C2NC(Cc3ccc([N+](=O)[O-])cc3)(C(=O)O)C3C(=O)N(CCSc4ccccc4)C(=O)C23)c1OCc1ccccc1. The Kier molecular flexibility index (Phi) is 9.47. The number of methoxy groups -OCH3 is 1. The fraction of sp³-hybridized carbons (Fsp3) is 0.250. The predicted octanol–water partition coefficient (Wildman–Crippen LogP) is 5.29. The zero-order valence-corrected chi connectivity index (χ0v) is 26.8. The molecule has 0 aliphatic carbocycles. The smallest absolute Gasteiger partial charge is 0.325 e. The quantitative estimate of drug-likeness (QED) is 0.0835. The number of fused-ring (bicyclic) bond motifs is 1. The minimum atomic E-state index is -1.92. The van der Waals surface area contributed by atoms with Crippen molar-refractivity contribution in [3.05, 3.63) is 130 Å². The Morgan fingerprint density at radius 3 is 2.27 bits per heavy atom. The number of carboxylic acid groups (broad SMARTS) is 1. The van der Waals surface area contributed by atoms with E-state index in [2.05, 4.69) is 5.32 Å². The summed E-state index contributed by atoms with van der Waals surface area (Å²) in [4.78, 5) is 54.8. The number of imide groups is 1. The van der Waals surface area contributed by atoms with Gasteiger partial charge in [-0.2, -0.15) is 0 Å². The molecule has 2 aliphatic heterocycles. The molecule has 12 heteroatoms. The summed E-state index contributed by atoms with van der Waals surface area (Å²) in [6, 6.07) is 28.8. The first-order valence-corrected chi connectivity index (χ1v) is 16.3. The van der Waals surface area contributed by atoms with Gasteiger partial charge in [-0.3, -0.25) is 34.7 Å². The summed E-state index contributed by atoms with van der Waals surface area (Å²) < 4.78 is 11.9. The normalized spacial score (nSPS) is 21.6. The van der Waals surface area contributed by atoms with Gasteiger partial charge in [-0.15, -0.1) is 11.8 Å². The maximum absolute atomic E-state index is 14.3. The molecule has 6 rings (SSSR count). The van der Waals surface area contributed by atoms with Gasteiger partial charge in [0.15, 0.2) is 11.5 Å². The third-order valence-electron chi connectivity index (χ3n) is 8.87. The van der Waals surface area contributed by atoms with Crippen molar-refractivity contribution in [1.82, 2.24) is 10.2 Å². The van der Waals surface area contributed by atoms with Crippen molar-refractivity contribution in [2.45, 2.75) is 29.5 Å². The van der Waals surface area contributed by atoms with Gasteiger partial charge in [0.25, 0.3) is 5.69 Å². The minimum Gasteiger partial charge on any atom is -0.493 e. The third kappa shape index (κ3) is 6.24. The molecule has 0 saturated carbocycles. The number of likely N-dealkylation sites (tertiary alicyclic amines) is 1. The summed E-state index contributed by atoms with van der Waals surface area (Å²) in [6.45, 7) is 0.275. The van der Waals surface area contributed by atoms with Gasteiger partial charge in [0.1, 0.15) is 12.1 Å². The van der Waals surface area contributed by atoms with Gasteiger partial charge in [-0.05, 0) is 29.3 Å². The van der Waals surface area contributed by atoms with Gasteiger partial charge < -0.3 is 14.6 Å². The lowest BCUT2D eigenvalue weighted by Gasteiger charge is -2.31. The van der Waals surface area contributed by atoms with Crippen molar-refractivity contribution < 1.29 is 33.9 Å². The Labute approximate surface area is 281 Å². The second-order valence-electron chi connectivity index (χ2n) is 11.6. The highest BCUT2D eigenvalue weighted by Crippen LogP contribution is 2.52. The molecule has 2 N–H and O–H groups in total. The number of benzene rings is 4. The van der Waals surface area contributed by atoms with Gasteiger partial charge >= 0.3 is 5.97 Å². The lowest BCUT2D eigenvalue weighted by Crippen LogP contribution is -2.57. The number of rotatable bonds is 13. The molecule has 2 amide bonds. The molecule has 4 aromatic rings. The number of hydrogen-bond acceptors (Lipinski definition) is 9. The van der Waals surface area contributed by atoms with Crippen molar-refractivity contribution in [2.24, 2.45) is 11.8 Å². The van der Waals surface area contributed by atoms with Crippen LogP contribution in [0.2, 0.25) is 0 Å². The molecule has 0 aromatic heterocycles. The van der Waals surface area contributed by atoms with E-state index in [1.165, 1.54) is 48.0 Å². The molecule has 4 atom stereocenters. The summed E-state index contributed by atoms with van der Waals surface area (Å²) in [5.74, 6) is -3.56. The van der Waals surface area contributed by atoms with Gasteiger partial charge in [0.2, 0.25) is 11.8 Å². The fourth-order valence-electron chi connectivity index (χ4n) is 6.64. The van der Waals surface area contributed by atoms with Crippen molar-refractivity contribution in [1.29, 1.82) is 0 Å². The number of carboxylic acids is 1. The molecule has 0 bridgehead atoms. The molecule has 2 saturated heterocycles. The summed E-state index contributed by atoms with van der Waals surface area (Å²) in [7, 11) is 1.49. The molecular weight excluding hydrogens is 634 g/mol. The van der Waals surface area contributed by atoms with E-state index in [-0.39, 0.29) is 25.3 Å². The van der Waals surface area contributed by atoms with E-state index < -0.39 is 46.1 Å². The van der Waals surface area contributed by atoms with Crippen LogP contribution in [0.3, 0.4) is 0 Å². The lowest BCUT2D eigenvalue weighted by atomic mass is 9.76. The number of nitro benzene ring substituents is 1. The first kappa shape index (κ1) is 32.7. The summed E-state index contributed by atoms with van der Waals surface area (Å²) in [6.07, 6.45) is -0.201. The number of aliphatic carboxylic acids is 1. The van der Waals surface area contributed by atoms with E-state index in [0.29, 0.717) is 28.4 Å². The van der Waals surface area contributed by atoms with E-state index in [1.807, 2.05) is 60.7 Å². The second-order valence-corrected chi connectivity index (χ2v) is 12.8. The minimum absolute atomic E-state index is 0.0969. The van der Waals surface area contributed by atoms with Crippen LogP contribution >= 0.6 is 11.8 Å². The average molecular weight is 668 g/mol. The number of nitro groups is 1. The van der Waals surface area contributed by atoms with Gasteiger partial charge in [0.05, 0.1) is 23.9 Å². The number of carbonyl (C=O) groups is 3. The van der Waals surface area contributed by atoms with E-state index in [0.717, 1.165) is 10.5 Å². The van der Waals surface area contributed by atoms with Crippen molar-refractivity contribution in [3.8, 4) is 11.5 Å². The highest BCUT2D eigenvalue weighted by atomic mass is 32.2. The average Bonchev–Trinajstić information content (AvgIpc) is 3.57. The Hall–Kier alpha value is -5.20. The van der Waals surface area contributed by atoms with Crippen LogP contribution in [0.5, 0.6) is 11.5 Å². The van der Waals surface area contributed by atoms with Gasteiger partial charge in [0, 0.05) is 47.4 Å². The molecule has 4 unspecified atom stereocenters. The standard InChI is InChI=1S/C36H33N3O8S/c1-46-28-14-8-13-27(32(28)47-22-24-9-4-2-5-10-24)31-29-30(34(41)38(33(29)40)19-20-48-26-11-6-3-7-12-26)36(37-31,35(42)43)21-23-15-17-25(18-16-23)39(44)45/h2-18,29-31,37H,19-22H2,1H3,(H,42,43). The number of ether oxygens (including phenoxy) is 2. The highest BCUT2D eigenvalue weighted by Gasteiger charge is 2.68. The van der Waals surface area contributed by atoms with Crippen LogP contribution in [0.1, 0.15) is 22.7 Å². The first-order valence-electron chi connectivity index (χ1n) is 15.3. The van der Waals surface area contributed by atoms with E-state index in [1.54, 1.807) is 18.2 Å². The maximum Gasteiger partial charge on any atom is 0.325 e. The van der Waals surface area contributed by atoms with Crippen LogP contribution in [-0.2, 0) is 27.4 Å². The number of thioether (sulfide) groups is 1. The second kappa shape index (κ2) is 13.9.